The lowest BCUT2D eigenvalue weighted by molar-refractivity contribution is -0.117. The Kier molecular flexibility index (Phi) is 4.14. The lowest BCUT2D eigenvalue weighted by Crippen LogP contribution is -2.31. The second-order valence-electron chi connectivity index (χ2n) is 6.93. The summed E-state index contributed by atoms with van der Waals surface area (Å²) >= 11 is 0. The average molecular weight is 387 g/mol. The topological polar surface area (TPSA) is 69.2 Å². The SMILES string of the molecule is CC(C)C1=C(O)C(=O)N(c2ccc3nc[nH]c3c2)C1c1cc(F)cc(F)c1F. The van der Waals surface area contributed by atoms with Crippen molar-refractivity contribution in [3.8, 4) is 0 Å². The number of halogens is 3. The van der Waals surface area contributed by atoms with Crippen molar-refractivity contribution in [2.75, 3.05) is 4.90 Å². The van der Waals surface area contributed by atoms with E-state index in [0.29, 0.717) is 22.8 Å². The molecule has 1 aliphatic heterocycles. The highest BCUT2D eigenvalue weighted by Crippen LogP contribution is 2.45. The summed E-state index contributed by atoms with van der Waals surface area (Å²) in [5.74, 6) is -5.29. The number of H-pyrrole nitrogens is 1. The first-order chi connectivity index (χ1) is 13.3. The van der Waals surface area contributed by atoms with Gasteiger partial charge in [0.05, 0.1) is 23.4 Å². The van der Waals surface area contributed by atoms with E-state index in [1.165, 1.54) is 6.33 Å². The number of imidazole rings is 1. The van der Waals surface area contributed by atoms with E-state index in [9.17, 15) is 23.1 Å². The zero-order chi connectivity index (χ0) is 20.2. The molecule has 5 nitrogen and oxygen atoms in total. The molecule has 28 heavy (non-hydrogen) atoms. The smallest absolute Gasteiger partial charge is 0.293 e. The minimum absolute atomic E-state index is 0.193. The Balaban J connectivity index is 1.95. The van der Waals surface area contributed by atoms with Crippen LogP contribution >= 0.6 is 0 Å². The number of hydrogen-bond donors (Lipinski definition) is 2. The number of carbonyl (C=O) groups is 1. The number of aromatic nitrogens is 2. The first-order valence-corrected chi connectivity index (χ1v) is 8.63. The van der Waals surface area contributed by atoms with Gasteiger partial charge in [0, 0.05) is 22.9 Å². The van der Waals surface area contributed by atoms with Gasteiger partial charge < -0.3 is 10.1 Å². The maximum Gasteiger partial charge on any atom is 0.293 e. The fraction of sp³-hybridized carbons (Fsp3) is 0.200. The Labute approximate surface area is 158 Å². The summed E-state index contributed by atoms with van der Waals surface area (Å²) in [6.45, 7) is 3.42. The number of aromatic amines is 1. The number of amides is 1. The number of fused-ring (bicyclic) bond motifs is 1. The maximum atomic E-state index is 14.6. The molecule has 0 spiro atoms. The average Bonchev–Trinajstić information content (AvgIpc) is 3.20. The van der Waals surface area contributed by atoms with Gasteiger partial charge in [-0.25, -0.2) is 18.2 Å². The van der Waals surface area contributed by atoms with E-state index < -0.39 is 35.2 Å². The van der Waals surface area contributed by atoms with Crippen LogP contribution in [0.25, 0.3) is 11.0 Å². The third kappa shape index (κ3) is 2.64. The fourth-order valence-corrected chi connectivity index (χ4v) is 3.63. The van der Waals surface area contributed by atoms with Crippen LogP contribution in [0.3, 0.4) is 0 Å². The predicted molar refractivity (Wildman–Crippen MR) is 97.1 cm³/mol. The van der Waals surface area contributed by atoms with Gasteiger partial charge in [-0.1, -0.05) is 13.8 Å². The first-order valence-electron chi connectivity index (χ1n) is 8.63. The number of nitrogens with one attached hydrogen (secondary N) is 1. The fourth-order valence-electron chi connectivity index (χ4n) is 3.63. The van der Waals surface area contributed by atoms with Crippen LogP contribution in [0, 0.1) is 23.4 Å². The Morgan fingerprint density at radius 3 is 2.64 bits per heavy atom. The molecule has 2 heterocycles. The Morgan fingerprint density at radius 1 is 1.18 bits per heavy atom. The third-order valence-corrected chi connectivity index (χ3v) is 4.87. The highest BCUT2D eigenvalue weighted by molar-refractivity contribution is 6.09. The van der Waals surface area contributed by atoms with Crippen molar-refractivity contribution in [2.24, 2.45) is 5.92 Å². The molecule has 1 unspecified atom stereocenters. The molecule has 1 aliphatic rings. The van der Waals surface area contributed by atoms with Crippen molar-refractivity contribution >= 4 is 22.6 Å². The zero-order valence-corrected chi connectivity index (χ0v) is 15.0. The molecule has 1 amide bonds. The van der Waals surface area contributed by atoms with Gasteiger partial charge in [-0.05, 0) is 30.2 Å². The molecule has 2 aromatic carbocycles. The molecule has 3 aromatic rings. The van der Waals surface area contributed by atoms with E-state index >= 15 is 0 Å². The van der Waals surface area contributed by atoms with E-state index in [0.717, 1.165) is 11.0 Å². The van der Waals surface area contributed by atoms with Crippen LogP contribution in [0.4, 0.5) is 18.9 Å². The first kappa shape index (κ1) is 18.1. The predicted octanol–water partition coefficient (Wildman–Crippen LogP) is 4.54. The van der Waals surface area contributed by atoms with Crippen molar-refractivity contribution in [1.82, 2.24) is 9.97 Å². The van der Waals surface area contributed by atoms with Crippen molar-refractivity contribution in [2.45, 2.75) is 19.9 Å². The summed E-state index contributed by atoms with van der Waals surface area (Å²) in [7, 11) is 0. The molecule has 1 atom stereocenters. The highest BCUT2D eigenvalue weighted by Gasteiger charge is 2.44. The summed E-state index contributed by atoms with van der Waals surface area (Å²) < 4.78 is 42.4. The Hall–Kier alpha value is -3.29. The van der Waals surface area contributed by atoms with Crippen LogP contribution in [0.2, 0.25) is 0 Å². The Morgan fingerprint density at radius 2 is 1.93 bits per heavy atom. The highest BCUT2D eigenvalue weighted by atomic mass is 19.2. The van der Waals surface area contributed by atoms with Crippen LogP contribution in [0.15, 0.2) is 48.0 Å². The zero-order valence-electron chi connectivity index (χ0n) is 15.0. The van der Waals surface area contributed by atoms with E-state index in [-0.39, 0.29) is 17.1 Å². The number of aliphatic hydroxyl groups excluding tert-OH is 1. The number of carbonyl (C=O) groups excluding carboxylic acids is 1. The van der Waals surface area contributed by atoms with E-state index in [4.69, 9.17) is 0 Å². The lowest BCUT2D eigenvalue weighted by Gasteiger charge is -2.29. The second-order valence-corrected chi connectivity index (χ2v) is 6.93. The molecule has 8 heteroatoms. The summed E-state index contributed by atoms with van der Waals surface area (Å²) in [4.78, 5) is 21.0. The van der Waals surface area contributed by atoms with Gasteiger partial charge in [0.2, 0.25) is 0 Å². The van der Waals surface area contributed by atoms with Crippen molar-refractivity contribution in [3.63, 3.8) is 0 Å². The number of nitrogens with zero attached hydrogens (tertiary/aromatic N) is 2. The molecule has 0 aliphatic carbocycles. The van der Waals surface area contributed by atoms with Crippen LogP contribution in [0.5, 0.6) is 0 Å². The monoisotopic (exact) mass is 387 g/mol. The van der Waals surface area contributed by atoms with E-state index in [1.807, 2.05) is 0 Å². The standard InChI is InChI=1S/C20H16F3N3O2/c1-9(2)16-18(12-5-10(21)6-13(22)17(12)23)26(20(28)19(16)27)11-3-4-14-15(7-11)25-8-24-14/h3-9,18,27H,1-2H3,(H,24,25). The van der Waals surface area contributed by atoms with Crippen molar-refractivity contribution in [3.05, 3.63) is 71.0 Å². The number of rotatable bonds is 3. The summed E-state index contributed by atoms with van der Waals surface area (Å²) in [5, 5.41) is 10.5. The lowest BCUT2D eigenvalue weighted by atomic mass is 9.90. The molecule has 0 bridgehead atoms. The number of anilines is 1. The molecular formula is C20H16F3N3O2. The molecule has 0 radical (unpaired) electrons. The maximum absolute atomic E-state index is 14.6. The van der Waals surface area contributed by atoms with Gasteiger partial charge in [0.1, 0.15) is 5.82 Å². The number of benzene rings is 2. The molecule has 144 valence electrons. The van der Waals surface area contributed by atoms with Crippen LogP contribution in [0.1, 0.15) is 25.5 Å². The Bertz CT molecular complexity index is 1140. The second kappa shape index (κ2) is 6.40. The third-order valence-electron chi connectivity index (χ3n) is 4.87. The van der Waals surface area contributed by atoms with Gasteiger partial charge in [0.25, 0.3) is 5.91 Å². The van der Waals surface area contributed by atoms with Gasteiger partial charge >= 0.3 is 0 Å². The van der Waals surface area contributed by atoms with Gasteiger partial charge in [0.15, 0.2) is 17.4 Å². The van der Waals surface area contributed by atoms with E-state index in [2.05, 4.69) is 9.97 Å². The molecule has 1 aromatic heterocycles. The number of aliphatic hydroxyl groups is 1. The molecule has 4 rings (SSSR count). The van der Waals surface area contributed by atoms with Gasteiger partial charge in [-0.2, -0.15) is 0 Å². The molecule has 0 saturated heterocycles. The van der Waals surface area contributed by atoms with Gasteiger partial charge in [-0.3, -0.25) is 9.69 Å². The molecule has 0 saturated carbocycles. The summed E-state index contributed by atoms with van der Waals surface area (Å²) in [6, 6.07) is 4.94. The minimum Gasteiger partial charge on any atom is -0.503 e. The van der Waals surface area contributed by atoms with Crippen molar-refractivity contribution < 1.29 is 23.1 Å². The minimum atomic E-state index is -1.36. The largest absolute Gasteiger partial charge is 0.503 e. The summed E-state index contributed by atoms with van der Waals surface area (Å²) in [5.41, 5.74) is 1.43. The van der Waals surface area contributed by atoms with Gasteiger partial charge in [-0.15, -0.1) is 0 Å². The molecule has 0 fully saturated rings. The summed E-state index contributed by atoms with van der Waals surface area (Å²) in [6.07, 6.45) is 1.48. The van der Waals surface area contributed by atoms with Crippen LogP contribution in [-0.4, -0.2) is 21.0 Å². The molecule has 2 N–H and O–H groups in total. The number of hydrogen-bond acceptors (Lipinski definition) is 3. The molecular weight excluding hydrogens is 371 g/mol. The van der Waals surface area contributed by atoms with Crippen molar-refractivity contribution in [1.29, 1.82) is 0 Å². The quantitative estimate of drug-likeness (QED) is 0.649. The van der Waals surface area contributed by atoms with Crippen LogP contribution < -0.4 is 4.90 Å². The van der Waals surface area contributed by atoms with E-state index in [1.54, 1.807) is 32.0 Å². The van der Waals surface area contributed by atoms with Crippen LogP contribution in [-0.2, 0) is 4.79 Å². The normalized spacial score (nSPS) is 17.4.